The second kappa shape index (κ2) is 6.75. The number of nitrogens with zero attached hydrogens (tertiary/aromatic N) is 3. The van der Waals surface area contributed by atoms with E-state index in [4.69, 9.17) is 9.84 Å². The Balaban J connectivity index is 1.70. The van der Waals surface area contributed by atoms with Crippen molar-refractivity contribution in [1.29, 1.82) is 5.26 Å². The SMILES string of the molecule is COc1cc(C2Nc3c(C#N)c(SC)nn3C3c4ccccc4CC23)ccc1O. The summed E-state index contributed by atoms with van der Waals surface area (Å²) in [4.78, 5) is 0. The molecule has 0 fully saturated rings. The van der Waals surface area contributed by atoms with E-state index in [9.17, 15) is 10.4 Å². The van der Waals surface area contributed by atoms with Crippen molar-refractivity contribution in [3.8, 4) is 17.6 Å². The van der Waals surface area contributed by atoms with Gasteiger partial charge >= 0.3 is 0 Å². The minimum atomic E-state index is -0.0343. The molecule has 0 radical (unpaired) electrons. The molecule has 2 N–H and O–H groups in total. The van der Waals surface area contributed by atoms with Crippen LogP contribution in [-0.4, -0.2) is 28.3 Å². The lowest BCUT2D eigenvalue weighted by molar-refractivity contribution is 0.313. The topological polar surface area (TPSA) is 83.1 Å². The number of methoxy groups -OCH3 is 1. The second-order valence-corrected chi connectivity index (χ2v) is 8.15. The molecule has 146 valence electrons. The molecule has 5 rings (SSSR count). The molecule has 3 aromatic rings. The average Bonchev–Trinajstić information content (AvgIpc) is 3.31. The lowest BCUT2D eigenvalue weighted by atomic mass is 9.85. The molecule has 7 heteroatoms. The maximum atomic E-state index is 10.0. The number of aromatic hydroxyl groups is 1. The van der Waals surface area contributed by atoms with Gasteiger partial charge in [0.2, 0.25) is 0 Å². The van der Waals surface area contributed by atoms with Crippen molar-refractivity contribution < 1.29 is 9.84 Å². The van der Waals surface area contributed by atoms with E-state index in [-0.39, 0.29) is 23.8 Å². The summed E-state index contributed by atoms with van der Waals surface area (Å²) in [5.41, 5.74) is 4.17. The molecule has 1 aliphatic carbocycles. The van der Waals surface area contributed by atoms with E-state index < -0.39 is 0 Å². The van der Waals surface area contributed by atoms with Gasteiger partial charge in [0.1, 0.15) is 22.5 Å². The van der Waals surface area contributed by atoms with Crippen LogP contribution >= 0.6 is 11.8 Å². The Morgan fingerprint density at radius 1 is 1.31 bits per heavy atom. The maximum absolute atomic E-state index is 10.0. The van der Waals surface area contributed by atoms with Gasteiger partial charge in [0, 0.05) is 5.92 Å². The fourth-order valence-electron chi connectivity index (χ4n) is 4.69. The molecule has 3 atom stereocenters. The summed E-state index contributed by atoms with van der Waals surface area (Å²) >= 11 is 1.49. The van der Waals surface area contributed by atoms with Crippen LogP contribution in [0.2, 0.25) is 0 Å². The number of aromatic nitrogens is 2. The van der Waals surface area contributed by atoms with Crippen molar-refractivity contribution in [2.75, 3.05) is 18.7 Å². The number of thioether (sulfide) groups is 1. The maximum Gasteiger partial charge on any atom is 0.160 e. The molecule has 29 heavy (non-hydrogen) atoms. The fraction of sp³-hybridized carbons (Fsp3) is 0.273. The Bertz CT molecular complexity index is 1150. The molecular formula is C22H20N4O2S. The number of benzene rings is 2. The van der Waals surface area contributed by atoms with E-state index in [0.29, 0.717) is 11.3 Å². The first-order valence-electron chi connectivity index (χ1n) is 9.44. The normalized spacial score (nSPS) is 21.5. The predicted molar refractivity (Wildman–Crippen MR) is 112 cm³/mol. The molecule has 2 aromatic carbocycles. The Hall–Kier alpha value is -3.11. The van der Waals surface area contributed by atoms with Crippen LogP contribution < -0.4 is 10.1 Å². The monoisotopic (exact) mass is 404 g/mol. The minimum Gasteiger partial charge on any atom is -0.504 e. The van der Waals surface area contributed by atoms with E-state index in [2.05, 4.69) is 35.7 Å². The van der Waals surface area contributed by atoms with Gasteiger partial charge in [-0.2, -0.15) is 10.4 Å². The van der Waals surface area contributed by atoms with Crippen molar-refractivity contribution in [2.45, 2.75) is 23.5 Å². The smallest absolute Gasteiger partial charge is 0.160 e. The Labute approximate surface area is 173 Å². The zero-order valence-corrected chi connectivity index (χ0v) is 16.9. The molecule has 2 aliphatic rings. The fourth-order valence-corrected chi connectivity index (χ4v) is 5.20. The molecule has 0 saturated carbocycles. The van der Waals surface area contributed by atoms with Gasteiger partial charge in [-0.25, -0.2) is 4.68 Å². The highest BCUT2D eigenvalue weighted by Crippen LogP contribution is 2.52. The third-order valence-electron chi connectivity index (χ3n) is 5.97. The summed E-state index contributed by atoms with van der Waals surface area (Å²) in [6.45, 7) is 0. The Morgan fingerprint density at radius 3 is 2.90 bits per heavy atom. The van der Waals surface area contributed by atoms with E-state index in [0.717, 1.165) is 22.8 Å². The van der Waals surface area contributed by atoms with Crippen LogP contribution in [0.3, 0.4) is 0 Å². The molecule has 0 spiro atoms. The van der Waals surface area contributed by atoms with Crippen molar-refractivity contribution in [2.24, 2.45) is 5.92 Å². The van der Waals surface area contributed by atoms with Crippen LogP contribution in [0.5, 0.6) is 11.5 Å². The minimum absolute atomic E-state index is 0.0343. The largest absolute Gasteiger partial charge is 0.504 e. The molecule has 3 unspecified atom stereocenters. The van der Waals surface area contributed by atoms with Crippen molar-refractivity contribution in [3.05, 3.63) is 64.7 Å². The van der Waals surface area contributed by atoms with Gasteiger partial charge in [0.05, 0.1) is 19.2 Å². The summed E-state index contributed by atoms with van der Waals surface area (Å²) in [6, 6.07) is 16.3. The lowest BCUT2D eigenvalue weighted by Crippen LogP contribution is -2.34. The third-order valence-corrected chi connectivity index (χ3v) is 6.64. The van der Waals surface area contributed by atoms with Crippen LogP contribution in [0.15, 0.2) is 47.5 Å². The van der Waals surface area contributed by atoms with Gasteiger partial charge in [-0.1, -0.05) is 30.3 Å². The van der Waals surface area contributed by atoms with Gasteiger partial charge in [0.25, 0.3) is 0 Å². The number of ether oxygens (including phenoxy) is 1. The molecule has 0 bridgehead atoms. The van der Waals surface area contributed by atoms with Crippen molar-refractivity contribution in [3.63, 3.8) is 0 Å². The van der Waals surface area contributed by atoms with Crippen LogP contribution in [0.4, 0.5) is 5.82 Å². The molecule has 1 aliphatic heterocycles. The van der Waals surface area contributed by atoms with E-state index in [1.54, 1.807) is 13.2 Å². The number of fused-ring (bicyclic) bond motifs is 5. The summed E-state index contributed by atoms with van der Waals surface area (Å²) < 4.78 is 7.33. The first kappa shape index (κ1) is 18.0. The number of nitriles is 1. The number of hydrogen-bond acceptors (Lipinski definition) is 6. The zero-order valence-electron chi connectivity index (χ0n) is 16.1. The third kappa shape index (κ3) is 2.60. The number of phenolic OH excluding ortho intramolecular Hbond substituents is 1. The summed E-state index contributed by atoms with van der Waals surface area (Å²) in [7, 11) is 1.55. The van der Waals surface area contributed by atoms with Crippen LogP contribution in [-0.2, 0) is 6.42 Å². The highest BCUT2D eigenvalue weighted by molar-refractivity contribution is 7.98. The van der Waals surface area contributed by atoms with E-state index in [1.165, 1.54) is 22.9 Å². The molecule has 6 nitrogen and oxygen atoms in total. The lowest BCUT2D eigenvalue weighted by Gasteiger charge is -2.37. The quantitative estimate of drug-likeness (QED) is 0.639. The summed E-state index contributed by atoms with van der Waals surface area (Å²) in [6.07, 6.45) is 2.86. The highest BCUT2D eigenvalue weighted by Gasteiger charge is 2.45. The Morgan fingerprint density at radius 2 is 2.14 bits per heavy atom. The number of hydrogen-bond donors (Lipinski definition) is 2. The van der Waals surface area contributed by atoms with Gasteiger partial charge in [-0.3, -0.25) is 0 Å². The molecule has 0 saturated heterocycles. The molecule has 2 heterocycles. The van der Waals surface area contributed by atoms with E-state index in [1.807, 2.05) is 23.1 Å². The molecule has 1 aromatic heterocycles. The van der Waals surface area contributed by atoms with Crippen LogP contribution in [0.25, 0.3) is 0 Å². The van der Waals surface area contributed by atoms with E-state index >= 15 is 0 Å². The van der Waals surface area contributed by atoms with Gasteiger partial charge < -0.3 is 15.2 Å². The number of anilines is 1. The van der Waals surface area contributed by atoms with Gasteiger partial charge in [-0.15, -0.1) is 11.8 Å². The standard InChI is InChI=1S/C22H20N4O2S/c1-28-18-10-13(7-8-17(18)27)19-15-9-12-5-3-4-6-14(12)20(15)26-21(24-19)16(11-23)22(25-26)29-2/h3-8,10,15,19-20,24,27H,9H2,1-2H3. The zero-order chi connectivity index (χ0) is 20.1. The van der Waals surface area contributed by atoms with Crippen LogP contribution in [0, 0.1) is 17.2 Å². The van der Waals surface area contributed by atoms with Crippen LogP contribution in [0.1, 0.15) is 34.3 Å². The van der Waals surface area contributed by atoms with Crippen molar-refractivity contribution in [1.82, 2.24) is 9.78 Å². The highest BCUT2D eigenvalue weighted by atomic mass is 32.2. The number of phenols is 1. The number of rotatable bonds is 3. The summed E-state index contributed by atoms with van der Waals surface area (Å²) in [5.74, 6) is 1.55. The first-order valence-corrected chi connectivity index (χ1v) is 10.7. The number of nitrogens with one attached hydrogen (secondary N) is 1. The van der Waals surface area contributed by atoms with Gasteiger partial charge in [0.15, 0.2) is 11.5 Å². The second-order valence-electron chi connectivity index (χ2n) is 7.35. The van der Waals surface area contributed by atoms with Crippen molar-refractivity contribution >= 4 is 17.6 Å². The van der Waals surface area contributed by atoms with Gasteiger partial charge in [-0.05, 0) is 41.5 Å². The molecule has 0 amide bonds. The average molecular weight is 404 g/mol. The first-order chi connectivity index (χ1) is 14.2. The molecular weight excluding hydrogens is 384 g/mol. The predicted octanol–water partition coefficient (Wildman–Crippen LogP) is 4.12. The summed E-state index contributed by atoms with van der Waals surface area (Å²) in [5, 5.41) is 28.9. The Kier molecular flexibility index (Phi) is 4.18.